The fraction of sp³-hybridized carbons (Fsp3) is 0.500. The summed E-state index contributed by atoms with van der Waals surface area (Å²) in [4.78, 5) is 49.9. The summed E-state index contributed by atoms with van der Waals surface area (Å²) in [6, 6.07) is 0. The van der Waals surface area contributed by atoms with Crippen LogP contribution in [0.15, 0.2) is 11.4 Å². The molecular formula is C10H15N8O13P3. The van der Waals surface area contributed by atoms with E-state index in [4.69, 9.17) is 30.7 Å². The number of rotatable bonds is 9. The van der Waals surface area contributed by atoms with Crippen molar-refractivity contribution in [2.45, 2.75) is 24.5 Å². The Hall–Kier alpha value is -2.05. The molecule has 0 saturated carbocycles. The predicted molar refractivity (Wildman–Crippen MR) is 104 cm³/mol. The topological polar surface area (TPSA) is 328 Å². The number of hydrogen-bond donors (Lipinski definition) is 7. The van der Waals surface area contributed by atoms with Crippen LogP contribution in [0, 0.1) is 0 Å². The first kappa shape index (κ1) is 26.6. The number of nitrogen functional groups attached to an aromatic ring is 1. The van der Waals surface area contributed by atoms with Crippen molar-refractivity contribution in [2.75, 3.05) is 12.3 Å². The van der Waals surface area contributed by atoms with Gasteiger partial charge in [-0.05, 0) is 10.6 Å². The minimum atomic E-state index is -5.76. The molecule has 6 atom stereocenters. The highest BCUT2D eigenvalue weighted by molar-refractivity contribution is 7.66. The van der Waals surface area contributed by atoms with E-state index in [-0.39, 0.29) is 17.0 Å². The van der Waals surface area contributed by atoms with Gasteiger partial charge in [0.15, 0.2) is 23.2 Å². The van der Waals surface area contributed by atoms with Crippen LogP contribution in [0.1, 0.15) is 6.23 Å². The number of aromatic nitrogens is 4. The molecule has 0 aliphatic carbocycles. The lowest BCUT2D eigenvalue weighted by molar-refractivity contribution is -0.0495. The molecule has 34 heavy (non-hydrogen) atoms. The molecule has 0 bridgehead atoms. The average molecular weight is 548 g/mol. The summed E-state index contributed by atoms with van der Waals surface area (Å²) in [7, 11) is -16.9. The first-order valence-corrected chi connectivity index (χ1v) is 13.0. The molecule has 2 aromatic heterocycles. The second-order valence-corrected chi connectivity index (χ2v) is 10.8. The van der Waals surface area contributed by atoms with Gasteiger partial charge in [0.2, 0.25) is 5.95 Å². The van der Waals surface area contributed by atoms with E-state index < -0.39 is 60.6 Å². The lowest BCUT2D eigenvalue weighted by atomic mass is 10.1. The summed E-state index contributed by atoms with van der Waals surface area (Å²) in [5, 5.41) is 24.0. The summed E-state index contributed by atoms with van der Waals surface area (Å²) in [5.74, 6) is -0.509. The van der Waals surface area contributed by atoms with Crippen molar-refractivity contribution in [3.05, 3.63) is 16.8 Å². The Labute approximate surface area is 186 Å². The second kappa shape index (κ2) is 9.54. The maximum absolute atomic E-state index is 11.9. The summed E-state index contributed by atoms with van der Waals surface area (Å²) >= 11 is 0. The van der Waals surface area contributed by atoms with Crippen LogP contribution in [-0.2, 0) is 31.6 Å². The molecule has 1 aliphatic rings. The highest BCUT2D eigenvalue weighted by atomic mass is 31.3. The molecule has 24 heteroatoms. The van der Waals surface area contributed by atoms with Crippen LogP contribution in [-0.4, -0.2) is 74.2 Å². The number of azide groups is 1. The molecule has 4 unspecified atom stereocenters. The standard InChI is InChI=1S/C10H15N8O13P3/c11-7-4-8(14-2-13-7)18(10(15-4)16-17-12)9-6(20)5(19)3(29-9)1-28-33(24,25)31-34(26,27)30-32(21,22)23/h2-3,5-6,9,19-20H,1H2,(H,24,25)(H,26,27)(H2,11,13,14)(H2,21,22,23)/t3-,5?,6?,9-/m1/s1. The van der Waals surface area contributed by atoms with E-state index in [0.29, 0.717) is 0 Å². The molecule has 1 fully saturated rings. The fourth-order valence-corrected chi connectivity index (χ4v) is 5.84. The number of hydrogen-bond acceptors (Lipinski definition) is 14. The van der Waals surface area contributed by atoms with Crippen LogP contribution >= 0.6 is 23.5 Å². The van der Waals surface area contributed by atoms with Gasteiger partial charge in [-0.2, -0.15) is 8.62 Å². The van der Waals surface area contributed by atoms with Crippen molar-refractivity contribution in [1.82, 2.24) is 19.5 Å². The quantitative estimate of drug-likeness (QED) is 0.0882. The van der Waals surface area contributed by atoms with Crippen molar-refractivity contribution in [3.8, 4) is 0 Å². The number of fused-ring (bicyclic) bond motifs is 1. The van der Waals surface area contributed by atoms with Crippen LogP contribution in [0.5, 0.6) is 0 Å². The Bertz CT molecular complexity index is 1280. The van der Waals surface area contributed by atoms with Gasteiger partial charge in [0, 0.05) is 4.91 Å². The molecule has 2 aromatic rings. The number of aliphatic hydroxyl groups is 2. The summed E-state index contributed by atoms with van der Waals surface area (Å²) in [5.41, 5.74) is 14.4. The maximum atomic E-state index is 11.9. The molecule has 3 heterocycles. The number of nitrogens with two attached hydrogens (primary N) is 1. The van der Waals surface area contributed by atoms with Crippen molar-refractivity contribution >= 4 is 46.4 Å². The van der Waals surface area contributed by atoms with Gasteiger partial charge in [-0.25, -0.2) is 28.6 Å². The fourth-order valence-electron chi connectivity index (χ4n) is 2.81. The lowest BCUT2D eigenvalue weighted by Crippen LogP contribution is -2.33. The van der Waals surface area contributed by atoms with Crippen molar-refractivity contribution in [3.63, 3.8) is 0 Å². The zero-order valence-corrected chi connectivity index (χ0v) is 18.9. The van der Waals surface area contributed by atoms with E-state index in [1.165, 1.54) is 0 Å². The second-order valence-electron chi connectivity index (χ2n) is 6.34. The molecule has 0 amide bonds. The average Bonchev–Trinajstić information content (AvgIpc) is 3.16. The summed E-state index contributed by atoms with van der Waals surface area (Å²) in [6.07, 6.45) is -5.71. The van der Waals surface area contributed by atoms with Gasteiger partial charge in [-0.15, -0.1) is 0 Å². The van der Waals surface area contributed by atoms with Crippen molar-refractivity contribution in [1.29, 1.82) is 0 Å². The number of anilines is 1. The van der Waals surface area contributed by atoms with E-state index in [9.17, 15) is 28.8 Å². The zero-order chi connectivity index (χ0) is 25.5. The Morgan fingerprint density at radius 1 is 1.15 bits per heavy atom. The Balaban J connectivity index is 1.80. The van der Waals surface area contributed by atoms with E-state index in [1.807, 2.05) is 0 Å². The summed E-state index contributed by atoms with van der Waals surface area (Å²) < 4.78 is 51.8. The molecule has 3 rings (SSSR count). The molecule has 0 radical (unpaired) electrons. The molecule has 188 valence electrons. The predicted octanol–water partition coefficient (Wildman–Crippen LogP) is -0.687. The molecule has 1 saturated heterocycles. The number of aliphatic hydroxyl groups excluding tert-OH is 2. The van der Waals surface area contributed by atoms with Gasteiger partial charge < -0.3 is 40.3 Å². The highest BCUT2D eigenvalue weighted by Gasteiger charge is 2.47. The molecule has 8 N–H and O–H groups in total. The number of phosphoric ester groups is 1. The number of ether oxygens (including phenoxy) is 1. The van der Waals surface area contributed by atoms with Gasteiger partial charge in [0.1, 0.15) is 24.6 Å². The number of phosphoric acid groups is 3. The van der Waals surface area contributed by atoms with Crippen LogP contribution < -0.4 is 5.73 Å². The smallest absolute Gasteiger partial charge is 0.387 e. The van der Waals surface area contributed by atoms with Gasteiger partial charge in [-0.1, -0.05) is 0 Å². The van der Waals surface area contributed by atoms with E-state index in [2.05, 4.69) is 38.1 Å². The largest absolute Gasteiger partial charge is 0.490 e. The maximum Gasteiger partial charge on any atom is 0.490 e. The third-order valence-corrected chi connectivity index (χ3v) is 7.83. The lowest BCUT2D eigenvalue weighted by Gasteiger charge is -2.19. The molecular weight excluding hydrogens is 533 g/mol. The molecule has 0 aromatic carbocycles. The zero-order valence-electron chi connectivity index (χ0n) is 16.2. The summed E-state index contributed by atoms with van der Waals surface area (Å²) in [6.45, 7) is -1.06. The Morgan fingerprint density at radius 3 is 2.44 bits per heavy atom. The van der Waals surface area contributed by atoms with E-state index >= 15 is 0 Å². The minimum Gasteiger partial charge on any atom is -0.387 e. The van der Waals surface area contributed by atoms with Crippen LogP contribution in [0.4, 0.5) is 11.8 Å². The molecule has 1 aliphatic heterocycles. The minimum absolute atomic E-state index is 0.0353. The third-order valence-electron chi connectivity index (χ3n) is 4.03. The van der Waals surface area contributed by atoms with E-state index in [0.717, 1.165) is 10.9 Å². The van der Waals surface area contributed by atoms with Gasteiger partial charge in [0.05, 0.1) is 6.61 Å². The van der Waals surface area contributed by atoms with Crippen LogP contribution in [0.25, 0.3) is 21.6 Å². The van der Waals surface area contributed by atoms with Gasteiger partial charge in [-0.3, -0.25) is 9.09 Å². The number of imidazole rings is 1. The third kappa shape index (κ3) is 5.95. The molecule has 21 nitrogen and oxygen atoms in total. The van der Waals surface area contributed by atoms with Crippen molar-refractivity contribution in [2.24, 2.45) is 5.11 Å². The van der Waals surface area contributed by atoms with Gasteiger partial charge in [0.25, 0.3) is 0 Å². The first-order valence-electron chi connectivity index (χ1n) is 8.47. The number of nitrogens with zero attached hydrogens (tertiary/aromatic N) is 7. The SMILES string of the molecule is [N-]=[N+]=Nc1nc2c(N)ncnc2n1[C@@H]1O[C@H](COP(=O)(O)OP(=O)(O)OP(=O)(O)O)C(O)C1O. The first-order chi connectivity index (χ1) is 15.6. The van der Waals surface area contributed by atoms with Gasteiger partial charge >= 0.3 is 23.5 Å². The van der Waals surface area contributed by atoms with Crippen LogP contribution in [0.3, 0.4) is 0 Å². The molecule has 0 spiro atoms. The Kier molecular flexibility index (Phi) is 7.45. The van der Waals surface area contributed by atoms with E-state index in [1.54, 1.807) is 0 Å². The highest BCUT2D eigenvalue weighted by Crippen LogP contribution is 2.66. The monoisotopic (exact) mass is 548 g/mol. The Morgan fingerprint density at radius 2 is 1.82 bits per heavy atom. The van der Waals surface area contributed by atoms with Crippen LogP contribution in [0.2, 0.25) is 0 Å². The normalized spacial score (nSPS) is 26.6. The van der Waals surface area contributed by atoms with Crippen molar-refractivity contribution < 1.29 is 61.4 Å².